The van der Waals surface area contributed by atoms with Gasteiger partial charge in [0, 0.05) is 22.0 Å². The van der Waals surface area contributed by atoms with Crippen LogP contribution in [-0.2, 0) is 17.8 Å². The third kappa shape index (κ3) is 6.67. The normalized spacial score (nSPS) is 11.0. The van der Waals surface area contributed by atoms with Gasteiger partial charge in [-0.15, -0.1) is 16.4 Å². The van der Waals surface area contributed by atoms with Gasteiger partial charge in [-0.05, 0) is 46.2 Å². The van der Waals surface area contributed by atoms with Crippen LogP contribution in [0.5, 0.6) is 6.01 Å². The number of thiazole rings is 1. The molecule has 0 aliphatic carbocycles. The van der Waals surface area contributed by atoms with Crippen LogP contribution in [0.4, 0.5) is 5.13 Å². The number of thioether (sulfide) groups is 1. The van der Waals surface area contributed by atoms with Gasteiger partial charge in [0.15, 0.2) is 10.3 Å². The Hall–Kier alpha value is -3.99. The fourth-order valence-corrected chi connectivity index (χ4v) is 6.20. The first-order valence-electron chi connectivity index (χ1n) is 12.8. The van der Waals surface area contributed by atoms with Gasteiger partial charge in [0.1, 0.15) is 6.61 Å². The molecule has 0 fully saturated rings. The summed E-state index contributed by atoms with van der Waals surface area (Å²) in [5.74, 6) is -0.0170. The summed E-state index contributed by atoms with van der Waals surface area (Å²) in [5.41, 5.74) is 3.09. The Morgan fingerprint density at radius 3 is 2.56 bits per heavy atom. The van der Waals surface area contributed by atoms with Crippen LogP contribution in [0.25, 0.3) is 16.5 Å². The quantitative estimate of drug-likeness (QED) is 0.156. The van der Waals surface area contributed by atoms with Crippen LogP contribution in [0, 0.1) is 0 Å². The number of para-hydroxylation sites is 1. The summed E-state index contributed by atoms with van der Waals surface area (Å²) < 4.78 is 8.86. The summed E-state index contributed by atoms with van der Waals surface area (Å²) in [5, 5.41) is 15.1. The van der Waals surface area contributed by atoms with E-state index in [0.29, 0.717) is 22.9 Å². The van der Waals surface area contributed by atoms with Crippen molar-refractivity contribution in [1.82, 2.24) is 19.7 Å². The number of halogens is 1. The number of rotatable bonds is 10. The third-order valence-corrected chi connectivity index (χ3v) is 8.65. The van der Waals surface area contributed by atoms with Crippen molar-refractivity contribution in [2.75, 3.05) is 11.1 Å². The minimum atomic E-state index is -0.166. The first-order chi connectivity index (χ1) is 20.1. The predicted molar refractivity (Wildman–Crippen MR) is 168 cm³/mol. The average Bonchev–Trinajstić information content (AvgIpc) is 3.62. The van der Waals surface area contributed by atoms with Crippen molar-refractivity contribution >= 4 is 60.8 Å². The van der Waals surface area contributed by atoms with E-state index in [-0.39, 0.29) is 11.7 Å². The van der Waals surface area contributed by atoms with Gasteiger partial charge < -0.3 is 10.1 Å². The zero-order valence-electron chi connectivity index (χ0n) is 21.7. The molecule has 4 aromatic carbocycles. The summed E-state index contributed by atoms with van der Waals surface area (Å²) in [6.45, 7) is 0.342. The molecule has 0 atom stereocenters. The van der Waals surface area contributed by atoms with Crippen LogP contribution in [0.1, 0.15) is 16.0 Å². The first kappa shape index (κ1) is 27.2. The topological polar surface area (TPSA) is 81.9 Å². The summed E-state index contributed by atoms with van der Waals surface area (Å²) in [4.78, 5) is 18.4. The zero-order chi connectivity index (χ0) is 28.0. The number of nitrogens with zero attached hydrogens (tertiary/aromatic N) is 4. The Balaban J connectivity index is 1.11. The molecular weight excluding hydrogens is 618 g/mol. The van der Waals surface area contributed by atoms with Crippen molar-refractivity contribution in [3.63, 3.8) is 0 Å². The highest BCUT2D eigenvalue weighted by Gasteiger charge is 2.18. The first-order valence-corrected chi connectivity index (χ1v) is 15.4. The highest BCUT2D eigenvalue weighted by molar-refractivity contribution is 9.10. The number of hydrogen-bond donors (Lipinski definition) is 1. The van der Waals surface area contributed by atoms with Gasteiger partial charge in [-0.25, -0.2) is 9.55 Å². The third-order valence-electron chi connectivity index (χ3n) is 6.28. The number of hydrogen-bond acceptors (Lipinski definition) is 7. The van der Waals surface area contributed by atoms with Crippen LogP contribution in [0.2, 0.25) is 0 Å². The molecule has 0 bridgehead atoms. The lowest BCUT2D eigenvalue weighted by Crippen LogP contribution is -2.14. The van der Waals surface area contributed by atoms with Gasteiger partial charge in [-0.3, -0.25) is 4.79 Å². The van der Waals surface area contributed by atoms with Crippen molar-refractivity contribution in [3.05, 3.63) is 124 Å². The van der Waals surface area contributed by atoms with Gasteiger partial charge in [-0.2, -0.15) is 0 Å². The number of ether oxygens (including phenoxy) is 1. The fourth-order valence-electron chi connectivity index (χ4n) is 4.34. The molecule has 204 valence electrons. The van der Waals surface area contributed by atoms with Gasteiger partial charge in [0.25, 0.3) is 0 Å². The smallest absolute Gasteiger partial charge is 0.322 e. The molecule has 7 nitrogen and oxygen atoms in total. The molecular formula is C31H24BrN5O2S2. The van der Waals surface area contributed by atoms with E-state index in [0.717, 1.165) is 27.0 Å². The Morgan fingerprint density at radius 1 is 0.927 bits per heavy atom. The van der Waals surface area contributed by atoms with Crippen LogP contribution in [0.15, 0.2) is 113 Å². The van der Waals surface area contributed by atoms with E-state index in [4.69, 9.17) is 4.74 Å². The number of aromatic nitrogens is 4. The number of amides is 1. The number of nitrogens with one attached hydrogen (secondary N) is 1. The van der Waals surface area contributed by atoms with Crippen molar-refractivity contribution in [2.24, 2.45) is 0 Å². The van der Waals surface area contributed by atoms with Gasteiger partial charge in [0.05, 0.1) is 11.4 Å². The molecule has 41 heavy (non-hydrogen) atoms. The molecule has 0 aliphatic rings. The molecule has 0 radical (unpaired) electrons. The molecule has 0 spiro atoms. The highest BCUT2D eigenvalue weighted by atomic mass is 79.9. The van der Waals surface area contributed by atoms with E-state index in [9.17, 15) is 4.79 Å². The molecule has 2 heterocycles. The standard InChI is InChI=1S/C31H24BrN5O2S2/c32-24-15-13-21(14-16-24)19-39-30-35-36-31(37(30)25-10-2-1-3-11-25)40-20-28(38)34-29-33-18-26(41-29)17-23-9-6-8-22-7-4-5-12-27(22)23/h1-16,18H,17,19-20H2,(H,33,34,38). The van der Waals surface area contributed by atoms with Crippen molar-refractivity contribution in [3.8, 4) is 11.7 Å². The minimum absolute atomic E-state index is 0.149. The molecule has 0 saturated heterocycles. The summed E-state index contributed by atoms with van der Waals surface area (Å²) in [6.07, 6.45) is 2.59. The fraction of sp³-hybridized carbons (Fsp3) is 0.0968. The van der Waals surface area contributed by atoms with Crippen LogP contribution < -0.4 is 10.1 Å². The average molecular weight is 643 g/mol. The SMILES string of the molecule is O=C(CSc1nnc(OCc2ccc(Br)cc2)n1-c1ccccc1)Nc1ncc(Cc2cccc3ccccc23)s1. The van der Waals surface area contributed by atoms with E-state index in [1.807, 2.05) is 71.4 Å². The lowest BCUT2D eigenvalue weighted by Gasteiger charge is -2.11. The molecule has 0 aliphatic heterocycles. The molecule has 0 saturated carbocycles. The largest absolute Gasteiger partial charge is 0.458 e. The number of benzene rings is 4. The van der Waals surface area contributed by atoms with E-state index in [1.165, 1.54) is 39.4 Å². The maximum absolute atomic E-state index is 12.9. The molecule has 2 aromatic heterocycles. The van der Waals surface area contributed by atoms with Gasteiger partial charge >= 0.3 is 6.01 Å². The van der Waals surface area contributed by atoms with Crippen LogP contribution in [-0.4, -0.2) is 31.4 Å². The lowest BCUT2D eigenvalue weighted by atomic mass is 10.0. The molecule has 6 aromatic rings. The molecule has 6 rings (SSSR count). The van der Waals surface area contributed by atoms with Crippen molar-refractivity contribution in [2.45, 2.75) is 18.2 Å². The predicted octanol–water partition coefficient (Wildman–Crippen LogP) is 7.54. The van der Waals surface area contributed by atoms with Gasteiger partial charge in [0.2, 0.25) is 5.91 Å². The second kappa shape index (κ2) is 12.7. The summed E-state index contributed by atoms with van der Waals surface area (Å²) in [7, 11) is 0. The minimum Gasteiger partial charge on any atom is -0.458 e. The summed E-state index contributed by atoms with van der Waals surface area (Å²) >= 11 is 6.23. The molecule has 1 N–H and O–H groups in total. The Labute approximate surface area is 253 Å². The molecule has 1 amide bonds. The van der Waals surface area contributed by atoms with E-state index in [1.54, 1.807) is 0 Å². The van der Waals surface area contributed by atoms with Crippen molar-refractivity contribution < 1.29 is 9.53 Å². The number of carbonyl (C=O) groups excluding carboxylic acids is 1. The Kier molecular flexibility index (Phi) is 8.41. The Bertz CT molecular complexity index is 1780. The summed E-state index contributed by atoms with van der Waals surface area (Å²) in [6, 6.07) is 32.7. The van der Waals surface area contributed by atoms with Crippen LogP contribution >= 0.6 is 39.0 Å². The second-order valence-electron chi connectivity index (χ2n) is 9.13. The molecule has 10 heteroatoms. The monoisotopic (exact) mass is 641 g/mol. The molecule has 0 unspecified atom stereocenters. The van der Waals surface area contributed by atoms with E-state index >= 15 is 0 Å². The number of carbonyl (C=O) groups is 1. The second-order valence-corrected chi connectivity index (χ2v) is 12.1. The maximum atomic E-state index is 12.9. The number of anilines is 1. The lowest BCUT2D eigenvalue weighted by molar-refractivity contribution is -0.113. The van der Waals surface area contributed by atoms with E-state index in [2.05, 4.69) is 72.8 Å². The van der Waals surface area contributed by atoms with Crippen LogP contribution in [0.3, 0.4) is 0 Å². The van der Waals surface area contributed by atoms with Crippen molar-refractivity contribution in [1.29, 1.82) is 0 Å². The number of fused-ring (bicyclic) bond motifs is 1. The zero-order valence-corrected chi connectivity index (χ0v) is 25.0. The van der Waals surface area contributed by atoms with Gasteiger partial charge in [-0.1, -0.05) is 106 Å². The highest BCUT2D eigenvalue weighted by Crippen LogP contribution is 2.28. The maximum Gasteiger partial charge on any atom is 0.322 e. The van der Waals surface area contributed by atoms with E-state index < -0.39 is 0 Å². The Morgan fingerprint density at radius 2 is 1.71 bits per heavy atom.